The van der Waals surface area contributed by atoms with Gasteiger partial charge in [0.15, 0.2) is 0 Å². The first-order chi connectivity index (χ1) is 24.1. The number of allylic oxidation sites excluding steroid dienone is 2. The van der Waals surface area contributed by atoms with E-state index in [1.807, 2.05) is 73.6 Å². The number of hydrogen-bond acceptors (Lipinski definition) is 2. The van der Waals surface area contributed by atoms with Crippen LogP contribution in [0.15, 0.2) is 91.0 Å². The van der Waals surface area contributed by atoms with Crippen molar-refractivity contribution in [1.82, 2.24) is 4.57 Å². The van der Waals surface area contributed by atoms with Gasteiger partial charge < -0.3 is 9.47 Å². The first-order valence-corrected chi connectivity index (χ1v) is 17.2. The van der Waals surface area contributed by atoms with Crippen molar-refractivity contribution in [3.05, 3.63) is 135 Å². The molecule has 0 N–H and O–H groups in total. The number of benzene rings is 4. The van der Waals surface area contributed by atoms with Gasteiger partial charge >= 0.3 is 17.8 Å². The summed E-state index contributed by atoms with van der Waals surface area (Å²) < 4.78 is 96.8. The van der Waals surface area contributed by atoms with Gasteiger partial charge in [0.2, 0.25) is 0 Å². The van der Waals surface area contributed by atoms with Crippen LogP contribution in [0.2, 0.25) is 0 Å². The molecule has 0 atom stereocenters. The van der Waals surface area contributed by atoms with E-state index in [9.17, 15) is 0 Å². The first kappa shape index (κ1) is 34.4. The second-order valence-corrected chi connectivity index (χ2v) is 14.4. The highest BCUT2D eigenvalue weighted by Gasteiger charge is 2.80. The molecule has 0 aliphatic heterocycles. The third kappa shape index (κ3) is 5.49. The molecular weight excluding hydrogens is 679 g/mol. The highest BCUT2D eigenvalue weighted by atomic mass is 32.1. The van der Waals surface area contributed by atoms with E-state index in [4.69, 9.17) is 0 Å². The maximum absolute atomic E-state index is 16.0. The van der Waals surface area contributed by atoms with Gasteiger partial charge in [-0.05, 0) is 66.4 Å². The molecule has 0 amide bonds. The normalized spacial score (nSPS) is 16.8. The van der Waals surface area contributed by atoms with Gasteiger partial charge in [-0.25, -0.2) is 0 Å². The summed E-state index contributed by atoms with van der Waals surface area (Å²) in [5, 5.41) is 0.427. The topological polar surface area (TPSA) is 8.17 Å². The number of thiophene rings is 1. The maximum atomic E-state index is 16.0. The van der Waals surface area contributed by atoms with Crippen LogP contribution in [0.1, 0.15) is 44.0 Å². The fourth-order valence-electron chi connectivity index (χ4n) is 6.86. The smallest absolute Gasteiger partial charge is 0.378 e. The Morgan fingerprint density at radius 2 is 1.10 bits per heavy atom. The van der Waals surface area contributed by atoms with Crippen molar-refractivity contribution in [2.24, 2.45) is 7.05 Å². The van der Waals surface area contributed by atoms with Gasteiger partial charge in [-0.1, -0.05) is 85.0 Å². The highest BCUT2D eigenvalue weighted by Crippen LogP contribution is 2.66. The van der Waals surface area contributed by atoms with Gasteiger partial charge in [0.25, 0.3) is 0 Å². The Labute approximate surface area is 296 Å². The molecule has 0 saturated heterocycles. The van der Waals surface area contributed by atoms with Crippen molar-refractivity contribution in [1.29, 1.82) is 0 Å². The number of aromatic nitrogens is 1. The standard InChI is InChI=1S/C42H34F6N2S/c1-25-36(38-39(41(45,46)42(47,48)40(38,43)44)37-26(2)51-35-9-7-6-8-32(35)37)33-24-30(20-23-34(33)50(25)5)17-16-28-12-10-27(11-13-28)14-15-29-18-21-31(22-19-29)49(3)4/h6-24H,1-5H3/b15-14+,17-16+. The van der Waals surface area contributed by atoms with Crippen LogP contribution in [0.5, 0.6) is 0 Å². The molecule has 0 unspecified atom stereocenters. The van der Waals surface area contributed by atoms with Crippen LogP contribution in [-0.2, 0) is 7.05 Å². The van der Waals surface area contributed by atoms with Crippen LogP contribution in [0.4, 0.5) is 32.0 Å². The summed E-state index contributed by atoms with van der Waals surface area (Å²) >= 11 is 1.11. The number of rotatable bonds is 7. The molecule has 9 heteroatoms. The molecule has 0 spiro atoms. The van der Waals surface area contributed by atoms with Crippen LogP contribution in [0.25, 0.3) is 56.4 Å². The Hall–Kier alpha value is -5.02. The molecule has 1 aliphatic carbocycles. The lowest BCUT2D eigenvalue weighted by Gasteiger charge is -2.26. The predicted octanol–water partition coefficient (Wildman–Crippen LogP) is 12.2. The number of anilines is 1. The minimum Gasteiger partial charge on any atom is -0.378 e. The SMILES string of the molecule is Cc1sc2ccccc2c1C1=C(c2c(C)n(C)c3ccc(/C=C/c4ccc(/C=C/c5ccc(N(C)C)cc5)cc4)cc23)C(F)(F)C(F)(F)C1(F)F. The van der Waals surface area contributed by atoms with Crippen molar-refractivity contribution < 1.29 is 26.3 Å². The van der Waals surface area contributed by atoms with Crippen LogP contribution >= 0.6 is 11.3 Å². The van der Waals surface area contributed by atoms with Crippen molar-refractivity contribution in [2.75, 3.05) is 19.0 Å². The number of hydrogen-bond donors (Lipinski definition) is 0. The molecule has 0 saturated carbocycles. The molecule has 0 fully saturated rings. The van der Waals surface area contributed by atoms with Crippen LogP contribution < -0.4 is 4.90 Å². The van der Waals surface area contributed by atoms with Crippen molar-refractivity contribution >= 4 is 73.5 Å². The monoisotopic (exact) mass is 712 g/mol. The second-order valence-electron chi connectivity index (χ2n) is 13.1. The Bertz CT molecular complexity index is 2390. The number of alkyl halides is 6. The zero-order valence-corrected chi connectivity index (χ0v) is 29.4. The minimum absolute atomic E-state index is 0.182. The van der Waals surface area contributed by atoms with E-state index < -0.39 is 28.9 Å². The van der Waals surface area contributed by atoms with E-state index in [-0.39, 0.29) is 32.5 Å². The molecular formula is C42H34F6N2S. The lowest BCUT2D eigenvalue weighted by Crippen LogP contribution is -2.49. The molecule has 2 heterocycles. The zero-order valence-electron chi connectivity index (χ0n) is 28.5. The first-order valence-electron chi connectivity index (χ1n) is 16.3. The number of fused-ring (bicyclic) bond motifs is 2. The van der Waals surface area contributed by atoms with Gasteiger partial charge in [-0.2, -0.15) is 26.3 Å². The Morgan fingerprint density at radius 1 is 0.608 bits per heavy atom. The van der Waals surface area contributed by atoms with Gasteiger partial charge in [0.1, 0.15) is 0 Å². The summed E-state index contributed by atoms with van der Waals surface area (Å²) in [5.74, 6) is -15.9. The molecule has 0 radical (unpaired) electrons. The average Bonchev–Trinajstić information content (AvgIpc) is 3.59. The summed E-state index contributed by atoms with van der Waals surface area (Å²) in [7, 11) is 5.59. The van der Waals surface area contributed by atoms with E-state index in [0.29, 0.717) is 15.8 Å². The summed E-state index contributed by atoms with van der Waals surface area (Å²) in [6.45, 7) is 2.99. The van der Waals surface area contributed by atoms with Crippen LogP contribution in [0.3, 0.4) is 0 Å². The number of halogens is 6. The third-order valence-corrected chi connectivity index (χ3v) is 10.8. The summed E-state index contributed by atoms with van der Waals surface area (Å²) in [6.07, 6.45) is 7.68. The summed E-state index contributed by atoms with van der Waals surface area (Å²) in [5.41, 5.74) is 2.08. The maximum Gasteiger partial charge on any atom is 0.380 e. The Morgan fingerprint density at radius 3 is 1.67 bits per heavy atom. The van der Waals surface area contributed by atoms with Gasteiger partial charge in [0.05, 0.1) is 0 Å². The second kappa shape index (κ2) is 12.3. The van der Waals surface area contributed by atoms with E-state index >= 15 is 26.3 Å². The van der Waals surface area contributed by atoms with Crippen molar-refractivity contribution in [3.8, 4) is 0 Å². The van der Waals surface area contributed by atoms with E-state index in [0.717, 1.165) is 33.7 Å². The van der Waals surface area contributed by atoms with E-state index in [1.165, 1.54) is 19.9 Å². The van der Waals surface area contributed by atoms with Crippen LogP contribution in [-0.4, -0.2) is 36.4 Å². The van der Waals surface area contributed by atoms with Crippen molar-refractivity contribution in [2.45, 2.75) is 31.6 Å². The summed E-state index contributed by atoms with van der Waals surface area (Å²) in [6, 6.07) is 27.5. The Balaban J connectivity index is 1.29. The molecule has 51 heavy (non-hydrogen) atoms. The zero-order chi connectivity index (χ0) is 36.5. The summed E-state index contributed by atoms with van der Waals surface area (Å²) in [4.78, 5) is 2.30. The molecule has 2 aromatic heterocycles. The molecule has 4 aromatic carbocycles. The molecule has 6 aromatic rings. The fraction of sp³-hybridized carbons (Fsp3) is 0.190. The molecule has 260 valence electrons. The highest BCUT2D eigenvalue weighted by molar-refractivity contribution is 7.19. The predicted molar refractivity (Wildman–Crippen MR) is 201 cm³/mol. The number of aryl methyl sites for hydroxylation is 2. The fourth-order valence-corrected chi connectivity index (χ4v) is 7.93. The molecule has 7 rings (SSSR count). The molecule has 1 aliphatic rings. The lowest BCUT2D eigenvalue weighted by atomic mass is 9.91. The molecule has 0 bridgehead atoms. The van der Waals surface area contributed by atoms with Gasteiger partial charge in [0, 0.05) is 80.7 Å². The quantitative estimate of drug-likeness (QED) is 0.118. The van der Waals surface area contributed by atoms with Crippen molar-refractivity contribution in [3.63, 3.8) is 0 Å². The molecule has 2 nitrogen and oxygen atoms in total. The van der Waals surface area contributed by atoms with Crippen LogP contribution in [0, 0.1) is 13.8 Å². The minimum atomic E-state index is -5.65. The number of nitrogens with zero attached hydrogens (tertiary/aromatic N) is 2. The largest absolute Gasteiger partial charge is 0.380 e. The van der Waals surface area contributed by atoms with E-state index in [1.54, 1.807) is 54.1 Å². The van der Waals surface area contributed by atoms with Gasteiger partial charge in [-0.15, -0.1) is 11.3 Å². The Kier molecular flexibility index (Phi) is 8.33. The van der Waals surface area contributed by atoms with Gasteiger partial charge in [-0.3, -0.25) is 0 Å². The van der Waals surface area contributed by atoms with E-state index in [2.05, 4.69) is 12.1 Å². The third-order valence-electron chi connectivity index (χ3n) is 9.74. The lowest BCUT2D eigenvalue weighted by molar-refractivity contribution is -0.254. The average molecular weight is 713 g/mol.